The van der Waals surface area contributed by atoms with Gasteiger partial charge in [-0.05, 0) is 31.3 Å². The van der Waals surface area contributed by atoms with E-state index < -0.39 is 0 Å². The number of aliphatic hydroxyl groups excluding tert-OH is 1. The highest BCUT2D eigenvalue weighted by Crippen LogP contribution is 2.37. The molecular formula is C15H32N2O2. The van der Waals surface area contributed by atoms with Gasteiger partial charge in [-0.15, -0.1) is 0 Å². The summed E-state index contributed by atoms with van der Waals surface area (Å²) in [5, 5.41) is 13.2. The van der Waals surface area contributed by atoms with Crippen LogP contribution in [0, 0.1) is 5.41 Å². The van der Waals surface area contributed by atoms with Gasteiger partial charge in [0.1, 0.15) is 0 Å². The Labute approximate surface area is 118 Å². The van der Waals surface area contributed by atoms with Gasteiger partial charge in [-0.3, -0.25) is 0 Å². The van der Waals surface area contributed by atoms with E-state index in [-0.39, 0.29) is 6.10 Å². The van der Waals surface area contributed by atoms with Gasteiger partial charge in [-0.2, -0.15) is 0 Å². The topological polar surface area (TPSA) is 44.7 Å². The molecule has 0 saturated carbocycles. The van der Waals surface area contributed by atoms with Crippen LogP contribution in [-0.2, 0) is 4.74 Å². The molecule has 1 rings (SSSR count). The fourth-order valence-corrected chi connectivity index (χ4v) is 2.97. The number of hydrogen-bond acceptors (Lipinski definition) is 4. The van der Waals surface area contributed by atoms with Gasteiger partial charge in [0.05, 0.1) is 12.7 Å². The third kappa shape index (κ3) is 5.78. The van der Waals surface area contributed by atoms with Gasteiger partial charge in [0.15, 0.2) is 0 Å². The van der Waals surface area contributed by atoms with Gasteiger partial charge in [-0.25, -0.2) is 0 Å². The Hall–Kier alpha value is -0.160. The zero-order valence-electron chi connectivity index (χ0n) is 13.0. The molecule has 1 aliphatic heterocycles. The van der Waals surface area contributed by atoms with Crippen LogP contribution in [-0.4, -0.2) is 62.6 Å². The van der Waals surface area contributed by atoms with Gasteiger partial charge in [0.2, 0.25) is 0 Å². The van der Waals surface area contributed by atoms with E-state index in [2.05, 4.69) is 24.1 Å². The van der Waals surface area contributed by atoms with Crippen molar-refractivity contribution in [3.8, 4) is 0 Å². The lowest BCUT2D eigenvalue weighted by Crippen LogP contribution is -2.45. The van der Waals surface area contributed by atoms with Crippen molar-refractivity contribution in [2.24, 2.45) is 5.41 Å². The molecule has 1 heterocycles. The Bertz CT molecular complexity index is 222. The van der Waals surface area contributed by atoms with Gasteiger partial charge < -0.3 is 20.1 Å². The Kier molecular flexibility index (Phi) is 7.91. The third-order valence-electron chi connectivity index (χ3n) is 4.75. The zero-order chi connectivity index (χ0) is 14.1. The number of nitrogens with one attached hydrogen (secondary N) is 1. The Morgan fingerprint density at radius 1 is 1.26 bits per heavy atom. The third-order valence-corrected chi connectivity index (χ3v) is 4.75. The Morgan fingerprint density at radius 3 is 2.42 bits per heavy atom. The summed E-state index contributed by atoms with van der Waals surface area (Å²) in [5.74, 6) is 0. The SMILES string of the molecule is CCC1(CC)CCN(CC(O)CNCCOC)CC1. The summed E-state index contributed by atoms with van der Waals surface area (Å²) in [6.07, 6.45) is 4.87. The van der Waals surface area contributed by atoms with Crippen LogP contribution in [0.2, 0.25) is 0 Å². The lowest BCUT2D eigenvalue weighted by molar-refractivity contribution is 0.0529. The van der Waals surface area contributed by atoms with Crippen molar-refractivity contribution in [3.63, 3.8) is 0 Å². The number of methoxy groups -OCH3 is 1. The molecule has 0 spiro atoms. The number of ether oxygens (including phenoxy) is 1. The number of piperidine rings is 1. The van der Waals surface area contributed by atoms with Crippen molar-refractivity contribution < 1.29 is 9.84 Å². The average Bonchev–Trinajstić information content (AvgIpc) is 2.45. The van der Waals surface area contributed by atoms with Crippen LogP contribution in [0.15, 0.2) is 0 Å². The van der Waals surface area contributed by atoms with Gasteiger partial charge in [0.25, 0.3) is 0 Å². The van der Waals surface area contributed by atoms with Crippen molar-refractivity contribution in [1.29, 1.82) is 0 Å². The van der Waals surface area contributed by atoms with Crippen molar-refractivity contribution in [1.82, 2.24) is 10.2 Å². The Balaban J connectivity index is 2.17. The maximum atomic E-state index is 10.0. The molecule has 1 unspecified atom stereocenters. The smallest absolute Gasteiger partial charge is 0.0791 e. The molecule has 0 bridgehead atoms. The molecule has 4 nitrogen and oxygen atoms in total. The molecule has 114 valence electrons. The summed E-state index contributed by atoms with van der Waals surface area (Å²) in [5.41, 5.74) is 0.568. The monoisotopic (exact) mass is 272 g/mol. The highest BCUT2D eigenvalue weighted by molar-refractivity contribution is 4.84. The first-order valence-electron chi connectivity index (χ1n) is 7.76. The van der Waals surface area contributed by atoms with E-state index in [0.717, 1.165) is 26.2 Å². The van der Waals surface area contributed by atoms with E-state index in [1.165, 1.54) is 25.7 Å². The molecule has 2 N–H and O–H groups in total. The second-order valence-electron chi connectivity index (χ2n) is 5.86. The first-order valence-corrected chi connectivity index (χ1v) is 7.76. The minimum absolute atomic E-state index is 0.271. The van der Waals surface area contributed by atoms with E-state index in [4.69, 9.17) is 4.74 Å². The minimum Gasteiger partial charge on any atom is -0.390 e. The van der Waals surface area contributed by atoms with E-state index >= 15 is 0 Å². The second-order valence-corrected chi connectivity index (χ2v) is 5.86. The molecule has 1 aliphatic rings. The van der Waals surface area contributed by atoms with Crippen molar-refractivity contribution in [3.05, 3.63) is 0 Å². The van der Waals surface area contributed by atoms with E-state index in [0.29, 0.717) is 18.6 Å². The largest absolute Gasteiger partial charge is 0.390 e. The first kappa shape index (κ1) is 16.9. The minimum atomic E-state index is -0.271. The van der Waals surface area contributed by atoms with Crippen LogP contribution in [0.5, 0.6) is 0 Å². The number of likely N-dealkylation sites (tertiary alicyclic amines) is 1. The molecule has 1 saturated heterocycles. The predicted molar refractivity (Wildman–Crippen MR) is 79.4 cm³/mol. The van der Waals surface area contributed by atoms with Crippen LogP contribution in [0.4, 0.5) is 0 Å². The number of nitrogens with zero attached hydrogens (tertiary/aromatic N) is 1. The van der Waals surface area contributed by atoms with Crippen LogP contribution in [0.3, 0.4) is 0 Å². The maximum Gasteiger partial charge on any atom is 0.0791 e. The van der Waals surface area contributed by atoms with E-state index in [9.17, 15) is 5.11 Å². The highest BCUT2D eigenvalue weighted by atomic mass is 16.5. The van der Waals surface area contributed by atoms with Crippen molar-refractivity contribution in [2.45, 2.75) is 45.6 Å². The molecule has 0 amide bonds. The maximum absolute atomic E-state index is 10.0. The van der Waals surface area contributed by atoms with Gasteiger partial charge >= 0.3 is 0 Å². The normalized spacial score (nSPS) is 21.5. The van der Waals surface area contributed by atoms with Gasteiger partial charge in [0, 0.05) is 26.7 Å². The number of aliphatic hydroxyl groups is 1. The number of β-amino-alcohol motifs (C(OH)–C–C–N with tert-alkyl or cyclic N) is 1. The molecular weight excluding hydrogens is 240 g/mol. The van der Waals surface area contributed by atoms with Crippen molar-refractivity contribution in [2.75, 3.05) is 46.4 Å². The van der Waals surface area contributed by atoms with Crippen molar-refractivity contribution >= 4 is 0 Å². The molecule has 1 atom stereocenters. The first-order chi connectivity index (χ1) is 9.15. The summed E-state index contributed by atoms with van der Waals surface area (Å²) in [6.45, 7) is 9.86. The van der Waals surface area contributed by atoms with E-state index in [1.807, 2.05) is 0 Å². The summed E-state index contributed by atoms with van der Waals surface area (Å²) >= 11 is 0. The quantitative estimate of drug-likeness (QED) is 0.624. The molecule has 19 heavy (non-hydrogen) atoms. The summed E-state index contributed by atoms with van der Waals surface area (Å²) in [6, 6.07) is 0. The van der Waals surface area contributed by atoms with Crippen LogP contribution in [0.25, 0.3) is 0 Å². The highest BCUT2D eigenvalue weighted by Gasteiger charge is 2.31. The molecule has 4 heteroatoms. The number of rotatable bonds is 9. The fourth-order valence-electron chi connectivity index (χ4n) is 2.97. The van der Waals surface area contributed by atoms with Crippen LogP contribution >= 0.6 is 0 Å². The predicted octanol–water partition coefficient (Wildman–Crippen LogP) is 1.49. The molecule has 0 aromatic heterocycles. The second kappa shape index (κ2) is 8.90. The van der Waals surface area contributed by atoms with E-state index in [1.54, 1.807) is 7.11 Å². The van der Waals surface area contributed by atoms with Crippen LogP contribution < -0.4 is 5.32 Å². The summed E-state index contributed by atoms with van der Waals surface area (Å²) < 4.78 is 4.97. The lowest BCUT2D eigenvalue weighted by Gasteiger charge is -2.41. The van der Waals surface area contributed by atoms with Crippen LogP contribution in [0.1, 0.15) is 39.5 Å². The molecule has 0 aromatic carbocycles. The molecule has 1 fully saturated rings. The summed E-state index contributed by atoms with van der Waals surface area (Å²) in [7, 11) is 1.69. The zero-order valence-corrected chi connectivity index (χ0v) is 13.0. The average molecular weight is 272 g/mol. The molecule has 0 aliphatic carbocycles. The molecule has 0 radical (unpaired) electrons. The summed E-state index contributed by atoms with van der Waals surface area (Å²) in [4.78, 5) is 2.41. The Morgan fingerprint density at radius 2 is 1.89 bits per heavy atom. The van der Waals surface area contributed by atoms with Gasteiger partial charge in [-0.1, -0.05) is 26.7 Å². The lowest BCUT2D eigenvalue weighted by atomic mass is 9.74. The number of hydrogen-bond donors (Lipinski definition) is 2. The fraction of sp³-hybridized carbons (Fsp3) is 1.00. The standard InChI is InChI=1S/C15H32N2O2/c1-4-15(5-2)6-9-17(10-7-15)13-14(18)12-16-8-11-19-3/h14,16,18H,4-13H2,1-3H3. The molecule has 0 aromatic rings.